The lowest BCUT2D eigenvalue weighted by molar-refractivity contribution is -0.121. The van der Waals surface area contributed by atoms with Crippen molar-refractivity contribution in [1.82, 2.24) is 14.9 Å². The van der Waals surface area contributed by atoms with E-state index in [2.05, 4.69) is 16.4 Å². The van der Waals surface area contributed by atoms with Gasteiger partial charge in [0.25, 0.3) is 5.56 Å². The molecule has 4 rings (SSSR count). The van der Waals surface area contributed by atoms with E-state index in [1.54, 1.807) is 13.2 Å². The zero-order valence-corrected chi connectivity index (χ0v) is 17.3. The number of aryl methyl sites for hydroxylation is 1. The summed E-state index contributed by atoms with van der Waals surface area (Å²) in [6.07, 6.45) is 6.14. The molecule has 1 amide bonds. The number of nitrogens with one attached hydrogen (secondary N) is 1. The number of carbonyl (C=O) groups excluding carboxylic acids is 1. The van der Waals surface area contributed by atoms with Gasteiger partial charge in [-0.1, -0.05) is 31.0 Å². The Morgan fingerprint density at radius 3 is 2.86 bits per heavy atom. The van der Waals surface area contributed by atoms with Crippen LogP contribution in [0.5, 0.6) is 5.75 Å². The zero-order chi connectivity index (χ0) is 20.3. The Morgan fingerprint density at radius 1 is 1.28 bits per heavy atom. The minimum atomic E-state index is -0.0923. The van der Waals surface area contributed by atoms with E-state index in [9.17, 15) is 9.59 Å². The standard InChI is InChI=1S/C22H25N3O3S/c1-28-18-7-3-2-6-17(18)22(10-4-5-11-22)14-23-19(26)8-12-25-15-24-20-16(21(25)27)9-13-29-20/h2-3,6-7,9,13,15H,4-5,8,10-12,14H2,1H3,(H,23,26). The normalized spacial score (nSPS) is 15.5. The van der Waals surface area contributed by atoms with E-state index in [4.69, 9.17) is 4.74 Å². The molecule has 1 saturated carbocycles. The first kappa shape index (κ1) is 19.6. The van der Waals surface area contributed by atoms with Crippen molar-refractivity contribution in [2.24, 2.45) is 0 Å². The van der Waals surface area contributed by atoms with Crippen molar-refractivity contribution in [3.63, 3.8) is 0 Å². The summed E-state index contributed by atoms with van der Waals surface area (Å²) in [6.45, 7) is 0.911. The van der Waals surface area contributed by atoms with Gasteiger partial charge < -0.3 is 10.1 Å². The third-order valence-electron chi connectivity index (χ3n) is 5.89. The zero-order valence-electron chi connectivity index (χ0n) is 16.5. The fraction of sp³-hybridized carbons (Fsp3) is 0.409. The third-order valence-corrected chi connectivity index (χ3v) is 6.71. The number of ether oxygens (including phenoxy) is 1. The molecule has 1 fully saturated rings. The summed E-state index contributed by atoms with van der Waals surface area (Å²) in [5, 5.41) is 5.58. The minimum absolute atomic E-state index is 0.0523. The molecule has 2 heterocycles. The van der Waals surface area contributed by atoms with Crippen LogP contribution in [-0.4, -0.2) is 29.1 Å². The van der Waals surface area contributed by atoms with Crippen molar-refractivity contribution in [1.29, 1.82) is 0 Å². The molecule has 1 N–H and O–H groups in total. The van der Waals surface area contributed by atoms with Crippen molar-refractivity contribution in [2.75, 3.05) is 13.7 Å². The quantitative estimate of drug-likeness (QED) is 0.646. The first-order valence-corrected chi connectivity index (χ1v) is 10.8. The number of thiophene rings is 1. The average molecular weight is 412 g/mol. The molecule has 6 nitrogen and oxygen atoms in total. The summed E-state index contributed by atoms with van der Waals surface area (Å²) >= 11 is 1.44. The Balaban J connectivity index is 1.42. The van der Waals surface area contributed by atoms with E-state index in [0.717, 1.165) is 36.3 Å². The molecular weight excluding hydrogens is 386 g/mol. The van der Waals surface area contributed by atoms with Crippen LogP contribution in [0.3, 0.4) is 0 Å². The molecule has 2 aromatic heterocycles. The van der Waals surface area contributed by atoms with E-state index in [-0.39, 0.29) is 23.3 Å². The molecule has 1 aromatic carbocycles. The van der Waals surface area contributed by atoms with Crippen LogP contribution in [0.4, 0.5) is 0 Å². The minimum Gasteiger partial charge on any atom is -0.496 e. The number of para-hydroxylation sites is 1. The van der Waals surface area contributed by atoms with E-state index in [1.165, 1.54) is 27.8 Å². The Bertz CT molecular complexity index is 1070. The number of benzene rings is 1. The van der Waals surface area contributed by atoms with Gasteiger partial charge in [0.05, 0.1) is 18.8 Å². The Kier molecular flexibility index (Phi) is 5.67. The fourth-order valence-electron chi connectivity index (χ4n) is 4.31. The number of rotatable bonds is 7. The number of hydrogen-bond donors (Lipinski definition) is 1. The molecule has 0 atom stereocenters. The second-order valence-corrected chi connectivity index (χ2v) is 8.49. The smallest absolute Gasteiger partial charge is 0.262 e. The second kappa shape index (κ2) is 8.37. The molecule has 0 spiro atoms. The monoisotopic (exact) mass is 411 g/mol. The van der Waals surface area contributed by atoms with Gasteiger partial charge in [0, 0.05) is 30.5 Å². The highest BCUT2D eigenvalue weighted by molar-refractivity contribution is 7.16. The number of aromatic nitrogens is 2. The van der Waals surface area contributed by atoms with Gasteiger partial charge in [-0.3, -0.25) is 14.2 Å². The average Bonchev–Trinajstić information content (AvgIpc) is 3.42. The topological polar surface area (TPSA) is 73.2 Å². The molecule has 0 saturated heterocycles. The maximum Gasteiger partial charge on any atom is 0.262 e. The molecule has 29 heavy (non-hydrogen) atoms. The summed E-state index contributed by atoms with van der Waals surface area (Å²) in [5.74, 6) is 0.828. The molecule has 1 aliphatic carbocycles. The van der Waals surface area contributed by atoms with E-state index < -0.39 is 0 Å². The predicted molar refractivity (Wildman–Crippen MR) is 115 cm³/mol. The molecule has 0 unspecified atom stereocenters. The van der Waals surface area contributed by atoms with Crippen LogP contribution in [0.2, 0.25) is 0 Å². The van der Waals surface area contributed by atoms with Gasteiger partial charge in [-0.15, -0.1) is 11.3 Å². The Morgan fingerprint density at radius 2 is 2.07 bits per heavy atom. The first-order chi connectivity index (χ1) is 14.1. The lowest BCUT2D eigenvalue weighted by Gasteiger charge is -2.31. The lowest BCUT2D eigenvalue weighted by Crippen LogP contribution is -2.39. The highest BCUT2D eigenvalue weighted by Crippen LogP contribution is 2.44. The van der Waals surface area contributed by atoms with Crippen LogP contribution < -0.4 is 15.6 Å². The maximum atomic E-state index is 12.5. The maximum absolute atomic E-state index is 12.5. The van der Waals surface area contributed by atoms with Crippen LogP contribution in [0.15, 0.2) is 46.8 Å². The number of fused-ring (bicyclic) bond motifs is 1. The number of carbonyl (C=O) groups is 1. The van der Waals surface area contributed by atoms with Crippen molar-refractivity contribution in [3.05, 3.63) is 58.0 Å². The summed E-state index contributed by atoms with van der Waals surface area (Å²) in [4.78, 5) is 30.0. The van der Waals surface area contributed by atoms with Gasteiger partial charge >= 0.3 is 0 Å². The van der Waals surface area contributed by atoms with Crippen LogP contribution >= 0.6 is 11.3 Å². The molecule has 1 aliphatic rings. The number of nitrogens with zero attached hydrogens (tertiary/aromatic N) is 2. The van der Waals surface area contributed by atoms with Crippen LogP contribution in [-0.2, 0) is 16.8 Å². The highest BCUT2D eigenvalue weighted by atomic mass is 32.1. The van der Waals surface area contributed by atoms with E-state index in [1.807, 2.05) is 23.6 Å². The summed E-state index contributed by atoms with van der Waals surface area (Å²) in [7, 11) is 1.69. The van der Waals surface area contributed by atoms with Crippen molar-refractivity contribution in [3.8, 4) is 5.75 Å². The number of amides is 1. The van der Waals surface area contributed by atoms with Gasteiger partial charge in [-0.2, -0.15) is 0 Å². The fourth-order valence-corrected chi connectivity index (χ4v) is 5.03. The van der Waals surface area contributed by atoms with E-state index >= 15 is 0 Å². The summed E-state index contributed by atoms with van der Waals surface area (Å²) in [6, 6.07) is 9.87. The van der Waals surface area contributed by atoms with Gasteiger partial charge in [0.15, 0.2) is 0 Å². The van der Waals surface area contributed by atoms with Crippen molar-refractivity contribution in [2.45, 2.75) is 44.1 Å². The van der Waals surface area contributed by atoms with Crippen LogP contribution in [0.25, 0.3) is 10.2 Å². The molecule has 152 valence electrons. The first-order valence-electron chi connectivity index (χ1n) is 9.96. The number of methoxy groups -OCH3 is 1. The molecule has 0 aliphatic heterocycles. The summed E-state index contributed by atoms with van der Waals surface area (Å²) in [5.41, 5.74) is 0.991. The van der Waals surface area contributed by atoms with Crippen LogP contribution in [0.1, 0.15) is 37.7 Å². The largest absolute Gasteiger partial charge is 0.496 e. The van der Waals surface area contributed by atoms with Crippen molar-refractivity contribution < 1.29 is 9.53 Å². The molecule has 3 aromatic rings. The molecule has 0 radical (unpaired) electrons. The van der Waals surface area contributed by atoms with Gasteiger partial charge in [0.1, 0.15) is 10.6 Å². The van der Waals surface area contributed by atoms with Gasteiger partial charge in [0.2, 0.25) is 5.91 Å². The van der Waals surface area contributed by atoms with E-state index in [0.29, 0.717) is 18.5 Å². The Hall–Kier alpha value is -2.67. The lowest BCUT2D eigenvalue weighted by atomic mass is 9.78. The SMILES string of the molecule is COc1ccccc1C1(CNC(=O)CCn2cnc3sccc3c2=O)CCCC1. The second-order valence-electron chi connectivity index (χ2n) is 7.60. The van der Waals surface area contributed by atoms with Crippen molar-refractivity contribution >= 4 is 27.5 Å². The van der Waals surface area contributed by atoms with Crippen LogP contribution in [0, 0.1) is 0 Å². The molecule has 0 bridgehead atoms. The molecular formula is C22H25N3O3S. The molecule has 7 heteroatoms. The highest BCUT2D eigenvalue weighted by Gasteiger charge is 2.37. The third kappa shape index (κ3) is 3.92. The Labute approximate surface area is 173 Å². The summed E-state index contributed by atoms with van der Waals surface area (Å²) < 4.78 is 7.09. The van der Waals surface area contributed by atoms with Gasteiger partial charge in [-0.05, 0) is 30.4 Å². The van der Waals surface area contributed by atoms with Gasteiger partial charge in [-0.25, -0.2) is 4.98 Å². The predicted octanol–water partition coefficient (Wildman–Crippen LogP) is 3.48. The number of hydrogen-bond acceptors (Lipinski definition) is 5.